The van der Waals surface area contributed by atoms with Crippen LogP contribution in [0.15, 0.2) is 48.5 Å². The molecule has 2 aromatic rings. The lowest BCUT2D eigenvalue weighted by Gasteiger charge is -2.11. The van der Waals surface area contributed by atoms with E-state index < -0.39 is 0 Å². The van der Waals surface area contributed by atoms with E-state index in [0.717, 1.165) is 5.56 Å². The van der Waals surface area contributed by atoms with Gasteiger partial charge in [-0.2, -0.15) is 0 Å². The molecule has 0 saturated carbocycles. The third-order valence-corrected chi connectivity index (χ3v) is 3.38. The lowest BCUT2D eigenvalue weighted by molar-refractivity contribution is -0.116. The van der Waals surface area contributed by atoms with Crippen molar-refractivity contribution in [1.29, 1.82) is 0 Å². The van der Waals surface area contributed by atoms with Gasteiger partial charge in [0.2, 0.25) is 5.91 Å². The summed E-state index contributed by atoms with van der Waals surface area (Å²) in [7, 11) is 3.38. The molecule has 0 fully saturated rings. The van der Waals surface area contributed by atoms with Crippen molar-refractivity contribution in [3.63, 3.8) is 0 Å². The highest BCUT2D eigenvalue weighted by Gasteiger charge is 2.08. The fraction of sp³-hybridized carbons (Fsp3) is 0.222. The van der Waals surface area contributed by atoms with Gasteiger partial charge in [-0.25, -0.2) is 4.39 Å². The summed E-state index contributed by atoms with van der Waals surface area (Å²) < 4.78 is 12.8. The zero-order chi connectivity index (χ0) is 16.8. The van der Waals surface area contributed by atoms with Gasteiger partial charge in [-0.15, -0.1) is 0 Å². The van der Waals surface area contributed by atoms with Gasteiger partial charge in [0, 0.05) is 31.8 Å². The maximum absolute atomic E-state index is 12.8. The van der Waals surface area contributed by atoms with Crippen LogP contribution in [0.5, 0.6) is 0 Å². The van der Waals surface area contributed by atoms with Gasteiger partial charge in [0.1, 0.15) is 5.82 Å². The van der Waals surface area contributed by atoms with Crippen LogP contribution >= 0.6 is 0 Å². The highest BCUT2D eigenvalue weighted by molar-refractivity contribution is 5.95. The average molecular weight is 314 g/mol. The maximum atomic E-state index is 12.8. The molecule has 2 aromatic carbocycles. The molecule has 0 radical (unpaired) electrons. The van der Waals surface area contributed by atoms with Gasteiger partial charge in [0.15, 0.2) is 0 Å². The first-order valence-electron chi connectivity index (χ1n) is 7.32. The van der Waals surface area contributed by atoms with Gasteiger partial charge in [-0.05, 0) is 48.4 Å². The molecule has 2 rings (SSSR count). The van der Waals surface area contributed by atoms with Crippen molar-refractivity contribution in [2.75, 3.05) is 19.4 Å². The number of carbonyl (C=O) groups excluding carboxylic acids is 2. The van der Waals surface area contributed by atoms with Crippen molar-refractivity contribution in [2.45, 2.75) is 12.8 Å². The van der Waals surface area contributed by atoms with Gasteiger partial charge in [-0.3, -0.25) is 9.59 Å². The molecule has 2 amide bonds. The van der Waals surface area contributed by atoms with Crippen LogP contribution in [-0.4, -0.2) is 30.8 Å². The molecule has 0 aliphatic heterocycles. The van der Waals surface area contributed by atoms with E-state index in [1.807, 2.05) is 0 Å². The number of nitrogens with one attached hydrogen (secondary N) is 1. The second kappa shape index (κ2) is 7.54. The molecule has 0 heterocycles. The molecular weight excluding hydrogens is 295 g/mol. The van der Waals surface area contributed by atoms with Crippen LogP contribution in [0.2, 0.25) is 0 Å². The Morgan fingerprint density at radius 2 is 1.61 bits per heavy atom. The molecule has 0 spiro atoms. The Balaban J connectivity index is 1.87. The van der Waals surface area contributed by atoms with E-state index in [1.54, 1.807) is 50.5 Å². The Morgan fingerprint density at radius 3 is 2.17 bits per heavy atom. The van der Waals surface area contributed by atoms with E-state index in [4.69, 9.17) is 0 Å². The number of benzene rings is 2. The van der Waals surface area contributed by atoms with Crippen molar-refractivity contribution in [3.8, 4) is 0 Å². The number of rotatable bonds is 5. The average Bonchev–Trinajstić information content (AvgIpc) is 2.54. The lowest BCUT2D eigenvalue weighted by atomic mass is 10.1. The summed E-state index contributed by atoms with van der Waals surface area (Å²) in [6.07, 6.45) is 0.854. The van der Waals surface area contributed by atoms with E-state index in [-0.39, 0.29) is 17.6 Å². The maximum Gasteiger partial charge on any atom is 0.253 e. The lowest BCUT2D eigenvalue weighted by Crippen LogP contribution is -2.21. The van der Waals surface area contributed by atoms with Gasteiger partial charge in [0.25, 0.3) is 5.91 Å². The molecular formula is C18H19FN2O2. The molecule has 0 saturated heterocycles. The molecule has 0 unspecified atom stereocenters. The summed E-state index contributed by atoms with van der Waals surface area (Å²) in [6, 6.07) is 12.9. The third kappa shape index (κ3) is 4.92. The first kappa shape index (κ1) is 16.7. The summed E-state index contributed by atoms with van der Waals surface area (Å²) >= 11 is 0. The smallest absolute Gasteiger partial charge is 0.253 e. The van der Waals surface area contributed by atoms with Crippen molar-refractivity contribution in [2.24, 2.45) is 0 Å². The number of halogens is 1. The van der Waals surface area contributed by atoms with Crippen LogP contribution in [-0.2, 0) is 11.2 Å². The van der Waals surface area contributed by atoms with Crippen molar-refractivity contribution >= 4 is 17.5 Å². The normalized spacial score (nSPS) is 10.2. The van der Waals surface area contributed by atoms with E-state index in [9.17, 15) is 14.0 Å². The van der Waals surface area contributed by atoms with E-state index in [0.29, 0.717) is 24.1 Å². The molecule has 120 valence electrons. The van der Waals surface area contributed by atoms with Crippen molar-refractivity contribution in [3.05, 3.63) is 65.5 Å². The second-order valence-corrected chi connectivity index (χ2v) is 5.45. The number of hydrogen-bond donors (Lipinski definition) is 1. The molecule has 5 heteroatoms. The number of amides is 2. The summed E-state index contributed by atoms with van der Waals surface area (Å²) in [4.78, 5) is 25.2. The molecule has 0 aliphatic carbocycles. The minimum atomic E-state index is -0.287. The highest BCUT2D eigenvalue weighted by atomic mass is 19.1. The number of anilines is 1. The fourth-order valence-corrected chi connectivity index (χ4v) is 2.09. The van der Waals surface area contributed by atoms with Crippen LogP contribution in [0.25, 0.3) is 0 Å². The zero-order valence-electron chi connectivity index (χ0n) is 13.2. The van der Waals surface area contributed by atoms with E-state index in [2.05, 4.69) is 5.32 Å². The van der Waals surface area contributed by atoms with Gasteiger partial charge >= 0.3 is 0 Å². The molecule has 1 N–H and O–H groups in total. The first-order valence-corrected chi connectivity index (χ1v) is 7.32. The fourth-order valence-electron chi connectivity index (χ4n) is 2.09. The predicted molar refractivity (Wildman–Crippen MR) is 87.8 cm³/mol. The Hall–Kier alpha value is -2.69. The Kier molecular flexibility index (Phi) is 5.46. The van der Waals surface area contributed by atoms with Gasteiger partial charge in [0.05, 0.1) is 0 Å². The molecule has 0 atom stereocenters. The zero-order valence-corrected chi connectivity index (χ0v) is 13.2. The van der Waals surface area contributed by atoms with E-state index in [1.165, 1.54) is 17.0 Å². The standard InChI is InChI=1S/C18H19FN2O2/c1-21(2)18(23)14-6-10-16(11-7-14)20-17(22)12-5-13-3-8-15(19)9-4-13/h3-4,6-11H,5,12H2,1-2H3,(H,20,22). The van der Waals surface area contributed by atoms with Gasteiger partial charge in [-0.1, -0.05) is 12.1 Å². The number of aryl methyl sites for hydroxylation is 1. The van der Waals surface area contributed by atoms with Crippen molar-refractivity contribution < 1.29 is 14.0 Å². The number of nitrogens with zero attached hydrogens (tertiary/aromatic N) is 1. The van der Waals surface area contributed by atoms with Crippen LogP contribution in [0, 0.1) is 5.82 Å². The Bertz CT molecular complexity index is 679. The van der Waals surface area contributed by atoms with Gasteiger partial charge < -0.3 is 10.2 Å². The van der Waals surface area contributed by atoms with Crippen LogP contribution in [0.3, 0.4) is 0 Å². The van der Waals surface area contributed by atoms with Crippen LogP contribution in [0.4, 0.5) is 10.1 Å². The summed E-state index contributed by atoms with van der Waals surface area (Å²) in [5, 5.41) is 2.78. The topological polar surface area (TPSA) is 49.4 Å². The summed E-state index contributed by atoms with van der Waals surface area (Å²) in [5.41, 5.74) is 2.12. The SMILES string of the molecule is CN(C)C(=O)c1ccc(NC(=O)CCc2ccc(F)cc2)cc1. The molecule has 0 aliphatic rings. The Labute approximate surface area is 134 Å². The second-order valence-electron chi connectivity index (χ2n) is 5.45. The van der Waals surface area contributed by atoms with Crippen LogP contribution < -0.4 is 5.32 Å². The molecule has 0 aromatic heterocycles. The van der Waals surface area contributed by atoms with Crippen molar-refractivity contribution in [1.82, 2.24) is 4.90 Å². The number of hydrogen-bond acceptors (Lipinski definition) is 2. The minimum Gasteiger partial charge on any atom is -0.345 e. The largest absolute Gasteiger partial charge is 0.345 e. The summed E-state index contributed by atoms with van der Waals surface area (Å²) in [6.45, 7) is 0. The Morgan fingerprint density at radius 1 is 1.00 bits per heavy atom. The van der Waals surface area contributed by atoms with Crippen LogP contribution in [0.1, 0.15) is 22.3 Å². The monoisotopic (exact) mass is 314 g/mol. The predicted octanol–water partition coefficient (Wildman–Crippen LogP) is 3.10. The molecule has 23 heavy (non-hydrogen) atoms. The third-order valence-electron chi connectivity index (χ3n) is 3.38. The number of carbonyl (C=O) groups is 2. The van der Waals surface area contributed by atoms with E-state index >= 15 is 0 Å². The first-order chi connectivity index (χ1) is 11.0. The summed E-state index contributed by atoms with van der Waals surface area (Å²) in [5.74, 6) is -0.495. The molecule has 0 bridgehead atoms. The quantitative estimate of drug-likeness (QED) is 0.922. The highest BCUT2D eigenvalue weighted by Crippen LogP contribution is 2.12. The minimum absolute atomic E-state index is 0.0841. The molecule has 4 nitrogen and oxygen atoms in total.